The monoisotopic (exact) mass is 746 g/mol. The van der Waals surface area contributed by atoms with Gasteiger partial charge in [-0.25, -0.2) is 14.6 Å². The summed E-state index contributed by atoms with van der Waals surface area (Å²) in [5, 5.41) is 21.5. The summed E-state index contributed by atoms with van der Waals surface area (Å²) < 4.78 is 17.2. The van der Waals surface area contributed by atoms with Gasteiger partial charge in [0.25, 0.3) is 14.2 Å². The van der Waals surface area contributed by atoms with Crippen LogP contribution in [0.25, 0.3) is 10.6 Å². The van der Waals surface area contributed by atoms with Crippen LogP contribution >= 0.6 is 11.3 Å². The molecule has 3 amide bonds. The highest BCUT2D eigenvalue weighted by Gasteiger charge is 2.50. The van der Waals surface area contributed by atoms with Gasteiger partial charge in [0.1, 0.15) is 28.4 Å². The molecule has 1 aromatic heterocycles. The molecule has 52 heavy (non-hydrogen) atoms. The highest BCUT2D eigenvalue weighted by molar-refractivity contribution is 7.13. The number of carbonyl (C=O) groups excluding carboxylic acids is 4. The predicted molar refractivity (Wildman–Crippen MR) is 203 cm³/mol. The molecule has 12 nitrogen and oxygen atoms in total. The van der Waals surface area contributed by atoms with E-state index in [-0.39, 0.29) is 12.3 Å². The van der Waals surface area contributed by atoms with Gasteiger partial charge in [-0.1, -0.05) is 93.6 Å². The molecule has 14 heteroatoms. The van der Waals surface area contributed by atoms with Gasteiger partial charge in [-0.3, -0.25) is 14.9 Å². The Morgan fingerprint density at radius 2 is 1.46 bits per heavy atom. The van der Waals surface area contributed by atoms with Crippen LogP contribution in [0.2, 0.25) is 5.04 Å². The lowest BCUT2D eigenvalue weighted by molar-refractivity contribution is -0.146. The van der Waals surface area contributed by atoms with E-state index in [1.807, 2.05) is 60.7 Å². The first-order valence-electron chi connectivity index (χ1n) is 16.7. The summed E-state index contributed by atoms with van der Waals surface area (Å²) in [5.41, 5.74) is 0.456. The quantitative estimate of drug-likeness (QED) is 0.114. The molecule has 0 fully saturated rings. The number of nitrogens with one attached hydrogen (secondary N) is 3. The van der Waals surface area contributed by atoms with E-state index in [1.54, 1.807) is 45.0 Å². The average Bonchev–Trinajstić information content (AvgIpc) is 3.60. The Morgan fingerprint density at radius 3 is 2.00 bits per heavy atom. The van der Waals surface area contributed by atoms with Gasteiger partial charge in [0.05, 0.1) is 20.3 Å². The Kier molecular flexibility index (Phi) is 13.1. The highest BCUT2D eigenvalue weighted by atomic mass is 32.1. The van der Waals surface area contributed by atoms with E-state index < -0.39 is 61.5 Å². The molecule has 1 heterocycles. The SMILES string of the molecule is COC(=O)[C@H](CO[Si](c1ccccc1)(c1ccccc1)C(C)(C)C)NC(=O)[C@H](CO)NC(=O)c1csc(-c2cccc(NC(=O)OC(C)(C)C)c2)n1. The third-order valence-electron chi connectivity index (χ3n) is 7.98. The Labute approximate surface area is 309 Å². The topological polar surface area (TPSA) is 165 Å². The molecular formula is C38H46N4O8SSi. The van der Waals surface area contributed by atoms with E-state index in [4.69, 9.17) is 13.9 Å². The molecule has 0 aliphatic carbocycles. The molecule has 0 saturated carbocycles. The summed E-state index contributed by atoms with van der Waals surface area (Å²) in [7, 11) is -1.88. The number of thiazole rings is 1. The second-order valence-corrected chi connectivity index (χ2v) is 19.2. The van der Waals surface area contributed by atoms with E-state index in [0.29, 0.717) is 16.3 Å². The number of hydrogen-bond acceptors (Lipinski definition) is 10. The number of aliphatic hydroxyl groups excluding tert-OH is 1. The highest BCUT2D eigenvalue weighted by Crippen LogP contribution is 2.37. The van der Waals surface area contributed by atoms with E-state index in [0.717, 1.165) is 10.4 Å². The smallest absolute Gasteiger partial charge is 0.412 e. The molecule has 4 rings (SSSR count). The van der Waals surface area contributed by atoms with Crippen molar-refractivity contribution in [1.29, 1.82) is 0 Å². The van der Waals surface area contributed by atoms with Crippen LogP contribution in [0.1, 0.15) is 52.0 Å². The third kappa shape index (κ3) is 9.91. The fourth-order valence-corrected chi connectivity index (χ4v) is 11.0. The lowest BCUT2D eigenvalue weighted by Gasteiger charge is -2.43. The maximum Gasteiger partial charge on any atom is 0.412 e. The van der Waals surface area contributed by atoms with Crippen molar-refractivity contribution < 1.29 is 38.2 Å². The zero-order valence-corrected chi connectivity index (χ0v) is 32.2. The number of esters is 1. The number of anilines is 1. The van der Waals surface area contributed by atoms with E-state index in [1.165, 1.54) is 23.8 Å². The maximum atomic E-state index is 13.5. The summed E-state index contributed by atoms with van der Waals surface area (Å²) in [5.74, 6) is -2.27. The number of aromatic nitrogens is 1. The second kappa shape index (κ2) is 17.1. The number of hydrogen-bond donors (Lipinski definition) is 4. The van der Waals surface area contributed by atoms with E-state index in [9.17, 15) is 24.3 Å². The number of benzene rings is 3. The summed E-state index contributed by atoms with van der Waals surface area (Å²) >= 11 is 1.18. The van der Waals surface area contributed by atoms with Crippen molar-refractivity contribution in [2.24, 2.45) is 0 Å². The van der Waals surface area contributed by atoms with Gasteiger partial charge < -0.3 is 29.6 Å². The summed E-state index contributed by atoms with van der Waals surface area (Å²) in [6.45, 7) is 10.6. The van der Waals surface area contributed by atoms with Crippen LogP contribution in [0.15, 0.2) is 90.3 Å². The van der Waals surface area contributed by atoms with Crippen molar-refractivity contribution in [3.05, 3.63) is 96.0 Å². The van der Waals surface area contributed by atoms with Crippen molar-refractivity contribution in [1.82, 2.24) is 15.6 Å². The molecule has 4 aromatic rings. The second-order valence-electron chi connectivity index (χ2n) is 14.0. The van der Waals surface area contributed by atoms with Gasteiger partial charge in [-0.2, -0.15) is 0 Å². The predicted octanol–water partition coefficient (Wildman–Crippen LogP) is 4.48. The minimum absolute atomic E-state index is 0.0105. The molecule has 0 radical (unpaired) electrons. The molecule has 0 bridgehead atoms. The minimum Gasteiger partial charge on any atom is -0.467 e. The molecule has 0 saturated heterocycles. The number of ether oxygens (including phenoxy) is 2. The Bertz CT molecular complexity index is 1800. The summed E-state index contributed by atoms with van der Waals surface area (Å²) in [4.78, 5) is 56.4. The van der Waals surface area contributed by atoms with Crippen molar-refractivity contribution in [2.45, 2.75) is 64.3 Å². The van der Waals surface area contributed by atoms with Crippen LogP contribution in [0.4, 0.5) is 10.5 Å². The standard InChI is InChI=1S/C38H46N4O8SSi/c1-37(2,3)50-36(47)39-26-16-14-15-25(21-26)34-42-31(24-51-34)33(45)40-29(22-43)32(44)41-30(35(46)48-7)23-49-52(38(4,5)6,27-17-10-8-11-18-27)28-19-12-9-13-20-28/h8-21,24,29-30,43H,22-23H2,1-7H3,(H,39,47)(H,40,45)(H,41,44)/t29-,30-/m0/s1. The number of rotatable bonds is 13. The first kappa shape index (κ1) is 39.9. The number of nitrogens with zero attached hydrogens (tertiary/aromatic N) is 1. The number of aliphatic hydroxyl groups is 1. The van der Waals surface area contributed by atoms with Crippen molar-refractivity contribution in [3.63, 3.8) is 0 Å². The molecule has 4 N–H and O–H groups in total. The van der Waals surface area contributed by atoms with Gasteiger partial charge in [0, 0.05) is 16.6 Å². The first-order valence-corrected chi connectivity index (χ1v) is 19.5. The van der Waals surface area contributed by atoms with Crippen LogP contribution < -0.4 is 26.3 Å². The fourth-order valence-electron chi connectivity index (χ4n) is 5.64. The average molecular weight is 747 g/mol. The molecule has 276 valence electrons. The third-order valence-corrected chi connectivity index (χ3v) is 13.9. The van der Waals surface area contributed by atoms with Gasteiger partial charge in [0.15, 0.2) is 0 Å². The maximum absolute atomic E-state index is 13.5. The van der Waals surface area contributed by atoms with Crippen molar-refractivity contribution in [3.8, 4) is 10.6 Å². The summed E-state index contributed by atoms with van der Waals surface area (Å²) in [6.07, 6.45) is -0.610. The normalized spacial score (nSPS) is 13.0. The van der Waals surface area contributed by atoms with Crippen LogP contribution in [-0.4, -0.2) is 80.3 Å². The largest absolute Gasteiger partial charge is 0.467 e. The zero-order chi connectivity index (χ0) is 38.1. The van der Waals surface area contributed by atoms with Gasteiger partial charge in [-0.05, 0) is 48.3 Å². The molecule has 0 unspecified atom stereocenters. The minimum atomic E-state index is -3.09. The molecule has 0 aliphatic rings. The lowest BCUT2D eigenvalue weighted by atomic mass is 10.2. The molecule has 2 atom stereocenters. The number of methoxy groups -OCH3 is 1. The van der Waals surface area contributed by atoms with Gasteiger partial charge in [-0.15, -0.1) is 11.3 Å². The van der Waals surface area contributed by atoms with E-state index in [2.05, 4.69) is 41.7 Å². The lowest BCUT2D eigenvalue weighted by Crippen LogP contribution is -2.68. The van der Waals surface area contributed by atoms with Crippen LogP contribution in [-0.2, 0) is 23.5 Å². The number of carbonyl (C=O) groups is 4. The molecule has 0 spiro atoms. The van der Waals surface area contributed by atoms with Gasteiger partial charge >= 0.3 is 12.1 Å². The van der Waals surface area contributed by atoms with Crippen molar-refractivity contribution in [2.75, 3.05) is 25.6 Å². The van der Waals surface area contributed by atoms with Crippen molar-refractivity contribution >= 4 is 59.6 Å². The molecule has 0 aliphatic heterocycles. The number of amides is 3. The molecule has 3 aromatic carbocycles. The zero-order valence-electron chi connectivity index (χ0n) is 30.4. The van der Waals surface area contributed by atoms with E-state index >= 15 is 0 Å². The van der Waals surface area contributed by atoms with Crippen LogP contribution in [0.5, 0.6) is 0 Å². The summed E-state index contributed by atoms with van der Waals surface area (Å²) in [6, 6.07) is 23.9. The Hall–Kier alpha value is -4.89. The fraction of sp³-hybridized carbons (Fsp3) is 0.342. The molecular weight excluding hydrogens is 701 g/mol. The van der Waals surface area contributed by atoms with Crippen LogP contribution in [0.3, 0.4) is 0 Å². The Balaban J connectivity index is 1.49. The Morgan fingerprint density at radius 1 is 0.846 bits per heavy atom. The van der Waals surface area contributed by atoms with Gasteiger partial charge in [0.2, 0.25) is 5.91 Å². The first-order chi connectivity index (χ1) is 24.6. The van der Waals surface area contributed by atoms with Crippen LogP contribution in [0, 0.1) is 0 Å².